The van der Waals surface area contributed by atoms with Crippen LogP contribution in [0.3, 0.4) is 0 Å². The third-order valence-electron chi connectivity index (χ3n) is 4.11. The molecule has 106 valence electrons. The number of hydrogen-bond acceptors (Lipinski definition) is 4. The number of hydrogen-bond donors (Lipinski definition) is 2. The topological polar surface area (TPSA) is 75.6 Å². The molecule has 2 rings (SSSR count). The monoisotopic (exact) mass is 267 g/mol. The fraction of sp³-hybridized carbons (Fsp3) is 0.714. The molecule has 0 radical (unpaired) electrons. The lowest BCUT2D eigenvalue weighted by Gasteiger charge is -2.29. The molecular formula is C14H21NO4. The van der Waals surface area contributed by atoms with Crippen LogP contribution < -0.4 is 5.32 Å². The number of aliphatic hydroxyl groups is 1. The fourth-order valence-corrected chi connectivity index (χ4v) is 3.04. The van der Waals surface area contributed by atoms with Crippen LogP contribution >= 0.6 is 0 Å². The normalized spacial score (nSPS) is 25.1. The maximum Gasteiger partial charge on any atom is 0.346 e. The van der Waals surface area contributed by atoms with Crippen molar-refractivity contribution in [3.8, 4) is 0 Å². The van der Waals surface area contributed by atoms with Crippen molar-refractivity contribution in [2.24, 2.45) is 11.8 Å². The van der Waals surface area contributed by atoms with Crippen molar-refractivity contribution >= 4 is 11.9 Å². The molecule has 1 aliphatic carbocycles. The highest BCUT2D eigenvalue weighted by Crippen LogP contribution is 2.32. The molecule has 1 aliphatic heterocycles. The number of methoxy groups -OCH3 is 1. The third kappa shape index (κ3) is 3.08. The van der Waals surface area contributed by atoms with E-state index in [-0.39, 0.29) is 17.3 Å². The number of ether oxygens (including phenoxy) is 1. The highest BCUT2D eigenvalue weighted by molar-refractivity contribution is 6.17. The maximum atomic E-state index is 11.6. The molecule has 1 saturated carbocycles. The first-order valence-corrected chi connectivity index (χ1v) is 6.93. The van der Waals surface area contributed by atoms with Crippen LogP contribution in [0.4, 0.5) is 0 Å². The average molecular weight is 267 g/mol. The van der Waals surface area contributed by atoms with Crippen LogP contribution in [0.2, 0.25) is 0 Å². The number of amides is 1. The van der Waals surface area contributed by atoms with Gasteiger partial charge in [-0.15, -0.1) is 0 Å². The standard InChI is InChI=1S/C14H21NO4/c1-19-14(18)11-12(16)10(8-15-13(11)17)7-9-5-3-2-4-6-9/h9-10,16H,2-8H2,1H3,(H,15,17). The van der Waals surface area contributed by atoms with E-state index < -0.39 is 11.9 Å². The van der Waals surface area contributed by atoms with Gasteiger partial charge in [0.15, 0.2) is 5.57 Å². The first kappa shape index (κ1) is 13.9. The minimum absolute atomic E-state index is 0.0961. The van der Waals surface area contributed by atoms with Crippen molar-refractivity contribution < 1.29 is 19.4 Å². The summed E-state index contributed by atoms with van der Waals surface area (Å²) in [5.41, 5.74) is -0.227. The van der Waals surface area contributed by atoms with E-state index in [9.17, 15) is 14.7 Å². The Morgan fingerprint density at radius 3 is 2.68 bits per heavy atom. The van der Waals surface area contributed by atoms with E-state index in [4.69, 9.17) is 0 Å². The Bertz CT molecular complexity index is 396. The van der Waals surface area contributed by atoms with E-state index in [1.54, 1.807) is 0 Å². The molecule has 2 N–H and O–H groups in total. The van der Waals surface area contributed by atoms with Crippen LogP contribution in [0.25, 0.3) is 0 Å². The van der Waals surface area contributed by atoms with Crippen molar-refractivity contribution in [1.29, 1.82) is 0 Å². The summed E-state index contributed by atoms with van der Waals surface area (Å²) in [5, 5.41) is 12.8. The van der Waals surface area contributed by atoms with Gasteiger partial charge in [0, 0.05) is 12.5 Å². The van der Waals surface area contributed by atoms with E-state index in [2.05, 4.69) is 10.1 Å². The molecular weight excluding hydrogens is 246 g/mol. The molecule has 1 fully saturated rings. The Balaban J connectivity index is 2.10. The molecule has 0 aromatic rings. The van der Waals surface area contributed by atoms with Crippen molar-refractivity contribution in [2.75, 3.05) is 13.7 Å². The van der Waals surface area contributed by atoms with Gasteiger partial charge in [-0.1, -0.05) is 32.1 Å². The number of nitrogens with one attached hydrogen (secondary N) is 1. The van der Waals surface area contributed by atoms with Gasteiger partial charge >= 0.3 is 5.97 Å². The Morgan fingerprint density at radius 1 is 1.37 bits per heavy atom. The summed E-state index contributed by atoms with van der Waals surface area (Å²) in [5.74, 6) is -0.974. The number of carbonyl (C=O) groups is 2. The van der Waals surface area contributed by atoms with Gasteiger partial charge in [-0.3, -0.25) is 4.79 Å². The minimum Gasteiger partial charge on any atom is -0.511 e. The average Bonchev–Trinajstić information content (AvgIpc) is 2.43. The summed E-state index contributed by atoms with van der Waals surface area (Å²) in [6.45, 7) is 0.404. The highest BCUT2D eigenvalue weighted by Gasteiger charge is 2.34. The molecule has 5 nitrogen and oxygen atoms in total. The van der Waals surface area contributed by atoms with Crippen LogP contribution in [0, 0.1) is 11.8 Å². The highest BCUT2D eigenvalue weighted by atomic mass is 16.5. The summed E-state index contributed by atoms with van der Waals surface area (Å²) in [6, 6.07) is 0. The first-order valence-electron chi connectivity index (χ1n) is 6.93. The van der Waals surface area contributed by atoms with E-state index in [1.165, 1.54) is 39.2 Å². The van der Waals surface area contributed by atoms with Gasteiger partial charge in [0.25, 0.3) is 5.91 Å². The molecule has 0 saturated heterocycles. The Labute approximate surface area is 113 Å². The zero-order valence-electron chi connectivity index (χ0n) is 11.3. The van der Waals surface area contributed by atoms with Crippen LogP contribution in [-0.2, 0) is 14.3 Å². The van der Waals surface area contributed by atoms with Gasteiger partial charge in [0.1, 0.15) is 5.76 Å². The maximum absolute atomic E-state index is 11.6. The first-order chi connectivity index (χ1) is 9.13. The number of esters is 1. The van der Waals surface area contributed by atoms with Crippen LogP contribution in [0.15, 0.2) is 11.3 Å². The smallest absolute Gasteiger partial charge is 0.346 e. The van der Waals surface area contributed by atoms with Gasteiger partial charge in [-0.05, 0) is 12.3 Å². The predicted molar refractivity (Wildman–Crippen MR) is 69.4 cm³/mol. The van der Waals surface area contributed by atoms with Crippen molar-refractivity contribution in [1.82, 2.24) is 5.32 Å². The van der Waals surface area contributed by atoms with Gasteiger partial charge in [-0.2, -0.15) is 0 Å². The van der Waals surface area contributed by atoms with Crippen molar-refractivity contribution in [3.05, 3.63) is 11.3 Å². The molecule has 5 heteroatoms. The summed E-state index contributed by atoms with van der Waals surface area (Å²) in [4.78, 5) is 23.1. The van der Waals surface area contributed by atoms with Crippen molar-refractivity contribution in [3.63, 3.8) is 0 Å². The molecule has 2 aliphatic rings. The number of carbonyl (C=O) groups excluding carboxylic acids is 2. The van der Waals surface area contributed by atoms with E-state index in [0.29, 0.717) is 12.5 Å². The SMILES string of the molecule is COC(=O)C1=C(O)C(CC2CCCCC2)CNC1=O. The van der Waals surface area contributed by atoms with Gasteiger partial charge < -0.3 is 15.2 Å². The number of aliphatic hydroxyl groups excluding tert-OH is 1. The molecule has 19 heavy (non-hydrogen) atoms. The summed E-state index contributed by atoms with van der Waals surface area (Å²) in [6.07, 6.45) is 6.92. The van der Waals surface area contributed by atoms with E-state index >= 15 is 0 Å². The second-order valence-electron chi connectivity index (χ2n) is 5.40. The molecule has 0 bridgehead atoms. The lowest BCUT2D eigenvalue weighted by Crippen LogP contribution is -2.41. The summed E-state index contributed by atoms with van der Waals surface area (Å²) >= 11 is 0. The molecule has 0 aromatic heterocycles. The van der Waals surface area contributed by atoms with Gasteiger partial charge in [0.2, 0.25) is 0 Å². The molecule has 1 heterocycles. The number of rotatable bonds is 3. The van der Waals surface area contributed by atoms with Crippen LogP contribution in [0.5, 0.6) is 0 Å². The largest absolute Gasteiger partial charge is 0.511 e. The van der Waals surface area contributed by atoms with Crippen molar-refractivity contribution in [2.45, 2.75) is 38.5 Å². The van der Waals surface area contributed by atoms with Crippen LogP contribution in [0.1, 0.15) is 38.5 Å². The zero-order valence-corrected chi connectivity index (χ0v) is 11.3. The second kappa shape index (κ2) is 6.08. The molecule has 1 amide bonds. The minimum atomic E-state index is -0.761. The third-order valence-corrected chi connectivity index (χ3v) is 4.11. The Hall–Kier alpha value is -1.52. The molecule has 1 unspecified atom stereocenters. The van der Waals surface area contributed by atoms with Gasteiger partial charge in [0.05, 0.1) is 7.11 Å². The second-order valence-corrected chi connectivity index (χ2v) is 5.40. The lowest BCUT2D eigenvalue weighted by molar-refractivity contribution is -0.138. The summed E-state index contributed by atoms with van der Waals surface area (Å²) < 4.78 is 4.55. The Kier molecular flexibility index (Phi) is 4.45. The zero-order chi connectivity index (χ0) is 13.8. The quantitative estimate of drug-likeness (QED) is 0.602. The predicted octanol–water partition coefficient (Wildman–Crippen LogP) is 1.69. The molecule has 1 atom stereocenters. The van der Waals surface area contributed by atoms with Gasteiger partial charge in [-0.25, -0.2) is 4.79 Å². The fourth-order valence-electron chi connectivity index (χ4n) is 3.04. The van der Waals surface area contributed by atoms with Crippen LogP contribution in [-0.4, -0.2) is 30.6 Å². The molecule has 0 spiro atoms. The summed E-state index contributed by atoms with van der Waals surface area (Å²) in [7, 11) is 1.21. The lowest BCUT2D eigenvalue weighted by atomic mass is 9.81. The Morgan fingerprint density at radius 2 is 2.05 bits per heavy atom. The molecule has 0 aromatic carbocycles. The van der Waals surface area contributed by atoms with E-state index in [1.807, 2.05) is 0 Å². The van der Waals surface area contributed by atoms with E-state index in [0.717, 1.165) is 6.42 Å².